The Bertz CT molecular complexity index is 238. The summed E-state index contributed by atoms with van der Waals surface area (Å²) in [5.74, 6) is 1.15. The highest BCUT2D eigenvalue weighted by atomic mass is 32.2. The average Bonchev–Trinajstić information content (AvgIpc) is 2.25. The zero-order valence-corrected chi connectivity index (χ0v) is 9.39. The van der Waals surface area contributed by atoms with Gasteiger partial charge in [-0.25, -0.2) is 0 Å². The van der Waals surface area contributed by atoms with Crippen LogP contribution in [0.25, 0.3) is 0 Å². The number of thioether (sulfide) groups is 1. The van der Waals surface area contributed by atoms with Crippen molar-refractivity contribution in [2.24, 2.45) is 5.73 Å². The summed E-state index contributed by atoms with van der Waals surface area (Å²) in [7, 11) is 0. The molecule has 14 heavy (non-hydrogen) atoms. The molecule has 0 aromatic heterocycles. The van der Waals surface area contributed by atoms with E-state index < -0.39 is 0 Å². The minimum Gasteiger partial charge on any atom is -0.381 e. The fourth-order valence-electron chi connectivity index (χ4n) is 1.28. The van der Waals surface area contributed by atoms with Gasteiger partial charge in [0, 0.05) is 18.3 Å². The number of hydrogen-bond acceptors (Lipinski definition) is 3. The third kappa shape index (κ3) is 4.03. The Morgan fingerprint density at radius 3 is 2.64 bits per heavy atom. The number of nitrogens with one attached hydrogen (secondary N) is 1. The second-order valence-electron chi connectivity index (χ2n) is 3.22. The maximum Gasteiger partial charge on any atom is 0.0391 e. The summed E-state index contributed by atoms with van der Waals surface area (Å²) in [6.07, 6.45) is 3.24. The molecule has 0 heterocycles. The van der Waals surface area contributed by atoms with Crippen LogP contribution in [0.1, 0.15) is 6.42 Å². The maximum atomic E-state index is 5.69. The Balaban J connectivity index is 2.40. The van der Waals surface area contributed by atoms with E-state index >= 15 is 0 Å². The summed E-state index contributed by atoms with van der Waals surface area (Å²) in [5.41, 5.74) is 6.85. The molecule has 1 aromatic carbocycles. The smallest absolute Gasteiger partial charge is 0.0391 e. The topological polar surface area (TPSA) is 38.0 Å². The molecule has 1 rings (SSSR count). The second-order valence-corrected chi connectivity index (χ2v) is 4.21. The van der Waals surface area contributed by atoms with Gasteiger partial charge < -0.3 is 11.1 Å². The number of rotatable bonds is 6. The van der Waals surface area contributed by atoms with E-state index in [9.17, 15) is 0 Å². The van der Waals surface area contributed by atoms with Crippen molar-refractivity contribution in [3.05, 3.63) is 30.3 Å². The third-order valence-corrected chi connectivity index (χ3v) is 2.74. The van der Waals surface area contributed by atoms with Gasteiger partial charge in [0.15, 0.2) is 0 Å². The number of para-hydroxylation sites is 1. The van der Waals surface area contributed by atoms with Crippen LogP contribution in [0.2, 0.25) is 0 Å². The molecule has 1 aromatic rings. The van der Waals surface area contributed by atoms with Crippen molar-refractivity contribution in [3.8, 4) is 0 Å². The fraction of sp³-hybridized carbons (Fsp3) is 0.455. The normalized spacial score (nSPS) is 12.4. The highest BCUT2D eigenvalue weighted by molar-refractivity contribution is 7.98. The predicted octanol–water partition coefficient (Wildman–Crippen LogP) is 2.18. The molecule has 0 bridgehead atoms. The number of nitrogens with two attached hydrogens (primary N) is 1. The molecule has 0 amide bonds. The van der Waals surface area contributed by atoms with Gasteiger partial charge in [-0.1, -0.05) is 18.2 Å². The molecule has 1 atom stereocenters. The Morgan fingerprint density at radius 1 is 1.36 bits per heavy atom. The summed E-state index contributed by atoms with van der Waals surface area (Å²) in [5, 5.41) is 3.43. The molecule has 0 saturated heterocycles. The first-order valence-corrected chi connectivity index (χ1v) is 6.26. The lowest BCUT2D eigenvalue weighted by atomic mass is 10.2. The van der Waals surface area contributed by atoms with Crippen LogP contribution in [0, 0.1) is 0 Å². The van der Waals surface area contributed by atoms with Gasteiger partial charge in [0.05, 0.1) is 0 Å². The van der Waals surface area contributed by atoms with Gasteiger partial charge in [0.25, 0.3) is 0 Å². The molecule has 3 heteroatoms. The lowest BCUT2D eigenvalue weighted by Crippen LogP contribution is -2.29. The van der Waals surface area contributed by atoms with Crippen LogP contribution in [-0.2, 0) is 0 Å². The molecule has 1 unspecified atom stereocenters. The molecule has 0 fully saturated rings. The minimum atomic E-state index is 0.393. The molecule has 0 radical (unpaired) electrons. The van der Waals surface area contributed by atoms with Crippen LogP contribution in [0.15, 0.2) is 30.3 Å². The van der Waals surface area contributed by atoms with Crippen LogP contribution in [0.3, 0.4) is 0 Å². The zero-order valence-electron chi connectivity index (χ0n) is 8.57. The quantitative estimate of drug-likeness (QED) is 0.756. The van der Waals surface area contributed by atoms with Crippen LogP contribution in [-0.4, -0.2) is 24.6 Å². The second kappa shape index (κ2) is 6.74. The van der Waals surface area contributed by atoms with Crippen molar-refractivity contribution in [1.29, 1.82) is 0 Å². The van der Waals surface area contributed by atoms with Gasteiger partial charge in [0.1, 0.15) is 0 Å². The number of anilines is 1. The molecule has 3 N–H and O–H groups in total. The van der Waals surface area contributed by atoms with E-state index in [-0.39, 0.29) is 0 Å². The van der Waals surface area contributed by atoms with E-state index in [0.29, 0.717) is 12.6 Å². The van der Waals surface area contributed by atoms with Crippen LogP contribution < -0.4 is 11.1 Å². The molecular formula is C11H18N2S. The third-order valence-electron chi connectivity index (χ3n) is 2.10. The Morgan fingerprint density at radius 2 is 2.07 bits per heavy atom. The van der Waals surface area contributed by atoms with Crippen molar-refractivity contribution in [1.82, 2.24) is 0 Å². The van der Waals surface area contributed by atoms with E-state index in [1.54, 1.807) is 0 Å². The minimum absolute atomic E-state index is 0.393. The molecule has 0 aliphatic rings. The Kier molecular flexibility index (Phi) is 5.49. The number of hydrogen-bond donors (Lipinski definition) is 2. The van der Waals surface area contributed by atoms with E-state index in [1.165, 1.54) is 0 Å². The largest absolute Gasteiger partial charge is 0.381 e. The van der Waals surface area contributed by atoms with Crippen LogP contribution >= 0.6 is 11.8 Å². The molecule has 2 nitrogen and oxygen atoms in total. The van der Waals surface area contributed by atoms with Crippen molar-refractivity contribution in [2.75, 3.05) is 23.9 Å². The van der Waals surface area contributed by atoms with E-state index in [0.717, 1.165) is 17.9 Å². The summed E-state index contributed by atoms with van der Waals surface area (Å²) in [6.45, 7) is 0.690. The Hall–Kier alpha value is -0.670. The molecule has 0 aliphatic carbocycles. The lowest BCUT2D eigenvalue weighted by Gasteiger charge is -2.17. The monoisotopic (exact) mass is 210 g/mol. The lowest BCUT2D eigenvalue weighted by molar-refractivity contribution is 0.710. The summed E-state index contributed by atoms with van der Waals surface area (Å²) in [6, 6.07) is 10.6. The Labute approximate surface area is 90.3 Å². The SMILES string of the molecule is CSCCC(CN)Nc1ccccc1. The van der Waals surface area contributed by atoms with Gasteiger partial charge in [-0.2, -0.15) is 11.8 Å². The van der Waals surface area contributed by atoms with Crippen molar-refractivity contribution >= 4 is 17.4 Å². The standard InChI is InChI=1S/C11H18N2S/c1-14-8-7-11(9-12)13-10-5-3-2-4-6-10/h2-6,11,13H,7-9,12H2,1H3. The zero-order chi connectivity index (χ0) is 10.2. The summed E-state index contributed by atoms with van der Waals surface area (Å²) < 4.78 is 0. The summed E-state index contributed by atoms with van der Waals surface area (Å²) >= 11 is 1.86. The molecule has 0 saturated carbocycles. The van der Waals surface area contributed by atoms with Gasteiger partial charge in [0.2, 0.25) is 0 Å². The molecule has 0 spiro atoms. The van der Waals surface area contributed by atoms with Gasteiger partial charge >= 0.3 is 0 Å². The summed E-state index contributed by atoms with van der Waals surface area (Å²) in [4.78, 5) is 0. The van der Waals surface area contributed by atoms with Gasteiger partial charge in [-0.05, 0) is 30.6 Å². The fourth-order valence-corrected chi connectivity index (χ4v) is 1.80. The van der Waals surface area contributed by atoms with Crippen LogP contribution in [0.4, 0.5) is 5.69 Å². The highest BCUT2D eigenvalue weighted by Crippen LogP contribution is 2.09. The van der Waals surface area contributed by atoms with Crippen molar-refractivity contribution in [3.63, 3.8) is 0 Å². The van der Waals surface area contributed by atoms with E-state index in [2.05, 4.69) is 23.7 Å². The van der Waals surface area contributed by atoms with Crippen molar-refractivity contribution < 1.29 is 0 Å². The first-order valence-electron chi connectivity index (χ1n) is 4.87. The number of benzene rings is 1. The molecule has 78 valence electrons. The molecular weight excluding hydrogens is 192 g/mol. The average molecular weight is 210 g/mol. The maximum absolute atomic E-state index is 5.69. The first-order chi connectivity index (χ1) is 6.86. The van der Waals surface area contributed by atoms with E-state index in [4.69, 9.17) is 5.73 Å². The van der Waals surface area contributed by atoms with E-state index in [1.807, 2.05) is 30.0 Å². The van der Waals surface area contributed by atoms with Crippen molar-refractivity contribution in [2.45, 2.75) is 12.5 Å². The predicted molar refractivity (Wildman–Crippen MR) is 65.9 cm³/mol. The van der Waals surface area contributed by atoms with Crippen LogP contribution in [0.5, 0.6) is 0 Å². The first kappa shape index (κ1) is 11.4. The molecule has 0 aliphatic heterocycles. The highest BCUT2D eigenvalue weighted by Gasteiger charge is 2.04. The van der Waals surface area contributed by atoms with Gasteiger partial charge in [-0.15, -0.1) is 0 Å². The van der Waals surface area contributed by atoms with Gasteiger partial charge in [-0.3, -0.25) is 0 Å².